The number of anilines is 1. The normalized spacial score (nSPS) is 19.9. The lowest BCUT2D eigenvalue weighted by Crippen LogP contribution is -2.68. The largest absolute Gasteiger partial charge is 0.497 e. The van der Waals surface area contributed by atoms with Gasteiger partial charge in [-0.25, -0.2) is 15.0 Å². The van der Waals surface area contributed by atoms with E-state index in [0.29, 0.717) is 11.2 Å². The summed E-state index contributed by atoms with van der Waals surface area (Å²) in [5, 5.41) is 1.88. The van der Waals surface area contributed by atoms with Crippen molar-refractivity contribution in [2.45, 2.75) is 102 Å². The Morgan fingerprint density at radius 1 is 0.912 bits per heavy atom. The van der Waals surface area contributed by atoms with Crippen LogP contribution in [-0.2, 0) is 30.0 Å². The molecule has 1 fully saturated rings. The first-order valence-electron chi connectivity index (χ1n) is 19.7. The molecule has 13 heteroatoms. The number of aromatic nitrogens is 4. The average molecular weight is 806 g/mol. The highest BCUT2D eigenvalue weighted by Crippen LogP contribution is 2.45. The van der Waals surface area contributed by atoms with Gasteiger partial charge in [0.2, 0.25) is 0 Å². The molecule has 6 rings (SSSR count). The molecule has 1 saturated heterocycles. The molecule has 1 aliphatic rings. The number of rotatable bonds is 14. The van der Waals surface area contributed by atoms with E-state index in [1.807, 2.05) is 36.4 Å². The Labute approximate surface area is 338 Å². The van der Waals surface area contributed by atoms with E-state index in [0.717, 1.165) is 39.8 Å². The van der Waals surface area contributed by atoms with Crippen LogP contribution in [0.3, 0.4) is 0 Å². The minimum absolute atomic E-state index is 0.0141. The number of nitrogen functional groups attached to an aromatic ring is 1. The molecule has 1 aliphatic heterocycles. The SMILES string of the molecule is CC[Si](C#C[C@]1(CO[Si](c2ccccc2)(c2ccccc2)C(C)(C)C)O[C@@H](n2cnc3c(N)ncnc32)[C@H](OC(C)=O)[C@@H]1OCc1ccc(OC)cc1)(CC)CC. The zero-order valence-electron chi connectivity index (χ0n) is 34.3. The van der Waals surface area contributed by atoms with Gasteiger partial charge in [-0.3, -0.25) is 9.36 Å². The van der Waals surface area contributed by atoms with E-state index < -0.39 is 46.4 Å². The number of hydrogen-bond donors (Lipinski definition) is 1. The number of fused-ring (bicyclic) bond motifs is 1. The van der Waals surface area contributed by atoms with Gasteiger partial charge < -0.3 is 29.1 Å². The van der Waals surface area contributed by atoms with Crippen molar-refractivity contribution in [1.82, 2.24) is 19.5 Å². The monoisotopic (exact) mass is 805 g/mol. The van der Waals surface area contributed by atoms with Gasteiger partial charge in [-0.2, -0.15) is 0 Å². The fraction of sp³-hybridized carbons (Fsp3) is 0.409. The van der Waals surface area contributed by atoms with Gasteiger partial charge >= 0.3 is 5.97 Å². The minimum atomic E-state index is -3.15. The van der Waals surface area contributed by atoms with Crippen LogP contribution in [-0.4, -0.2) is 73.4 Å². The van der Waals surface area contributed by atoms with Crippen LogP contribution in [0.4, 0.5) is 5.82 Å². The molecule has 0 radical (unpaired) electrons. The third-order valence-corrected chi connectivity index (χ3v) is 21.1. The zero-order chi connectivity index (χ0) is 40.8. The Hall–Kier alpha value is -4.85. The minimum Gasteiger partial charge on any atom is -0.497 e. The molecule has 11 nitrogen and oxygen atoms in total. The van der Waals surface area contributed by atoms with Gasteiger partial charge in [-0.05, 0) is 51.2 Å². The number of carbonyl (C=O) groups excluding carboxylic acids is 1. The standard InChI is InChI=1S/C44H55N5O6Si2/c1-9-56(10-2,11-3)27-26-44(29-53-57(43(5,6)7,35-18-14-12-15-19-35)36-20-16-13-17-21-36)39(52-28-33-22-24-34(51-8)25-23-33)38(54-32(4)50)42(55-44)49-31-48-37-40(45)46-30-47-41(37)49/h12-25,30-31,38-39,42H,9-11,28-29H2,1-8H3,(H2,45,46,47)/t38-,39+,42-,44-/m1/s1. The third kappa shape index (κ3) is 8.28. The quantitative estimate of drug-likeness (QED) is 0.0724. The summed E-state index contributed by atoms with van der Waals surface area (Å²) in [4.78, 5) is 26.4. The van der Waals surface area contributed by atoms with Crippen molar-refractivity contribution in [3.8, 4) is 17.2 Å². The smallest absolute Gasteiger partial charge is 0.303 e. The maximum Gasteiger partial charge on any atom is 0.303 e. The van der Waals surface area contributed by atoms with E-state index in [1.165, 1.54) is 13.3 Å². The first-order chi connectivity index (χ1) is 27.4. The summed E-state index contributed by atoms with van der Waals surface area (Å²) in [6, 6.07) is 31.5. The molecular formula is C44H55N5O6Si2. The fourth-order valence-corrected chi connectivity index (χ4v) is 15.1. The predicted molar refractivity (Wildman–Crippen MR) is 228 cm³/mol. The third-order valence-electron chi connectivity index (χ3n) is 11.4. The fourth-order valence-electron chi connectivity index (χ4n) is 7.97. The van der Waals surface area contributed by atoms with Crippen molar-refractivity contribution >= 4 is 49.7 Å². The van der Waals surface area contributed by atoms with Gasteiger partial charge in [0.15, 0.2) is 29.4 Å². The summed E-state index contributed by atoms with van der Waals surface area (Å²) in [5.74, 6) is 4.19. The second-order valence-electron chi connectivity index (χ2n) is 15.7. The summed E-state index contributed by atoms with van der Waals surface area (Å²) >= 11 is 0. The highest BCUT2D eigenvalue weighted by molar-refractivity contribution is 6.99. The van der Waals surface area contributed by atoms with Crippen LogP contribution in [0, 0.1) is 11.5 Å². The first-order valence-corrected chi connectivity index (χ1v) is 24.2. The van der Waals surface area contributed by atoms with Gasteiger partial charge in [0, 0.05) is 6.92 Å². The van der Waals surface area contributed by atoms with Gasteiger partial charge in [0.05, 0.1) is 26.7 Å². The molecular weight excluding hydrogens is 751 g/mol. The molecule has 3 heterocycles. The van der Waals surface area contributed by atoms with E-state index >= 15 is 0 Å². The molecule has 3 aromatic carbocycles. The molecule has 5 aromatic rings. The van der Waals surface area contributed by atoms with Crippen molar-refractivity contribution in [3.05, 3.63) is 103 Å². The second kappa shape index (κ2) is 17.3. The van der Waals surface area contributed by atoms with Gasteiger partial charge in [0.25, 0.3) is 8.32 Å². The number of imidazole rings is 1. The summed E-state index contributed by atoms with van der Waals surface area (Å²) in [5.41, 5.74) is 10.4. The van der Waals surface area contributed by atoms with Crippen molar-refractivity contribution in [1.29, 1.82) is 0 Å². The molecule has 0 spiro atoms. The molecule has 0 amide bonds. The van der Waals surface area contributed by atoms with Crippen molar-refractivity contribution in [2.75, 3.05) is 19.5 Å². The number of hydrogen-bond acceptors (Lipinski definition) is 10. The summed E-state index contributed by atoms with van der Waals surface area (Å²) in [7, 11) is -3.63. The average Bonchev–Trinajstić information content (AvgIpc) is 3.78. The van der Waals surface area contributed by atoms with Gasteiger partial charge in [0.1, 0.15) is 31.8 Å². The van der Waals surface area contributed by atoms with Gasteiger partial charge in [-0.1, -0.05) is 120 Å². The Morgan fingerprint density at radius 2 is 1.53 bits per heavy atom. The van der Waals surface area contributed by atoms with Crippen molar-refractivity contribution in [2.24, 2.45) is 0 Å². The zero-order valence-corrected chi connectivity index (χ0v) is 36.3. The Balaban J connectivity index is 1.60. The lowest BCUT2D eigenvalue weighted by Gasteiger charge is -2.45. The molecule has 0 aliphatic carbocycles. The Kier molecular flexibility index (Phi) is 12.7. The first kappa shape index (κ1) is 41.8. The van der Waals surface area contributed by atoms with Gasteiger partial charge in [-0.15, -0.1) is 5.54 Å². The maximum atomic E-state index is 13.1. The molecule has 4 atom stereocenters. The van der Waals surface area contributed by atoms with Crippen LogP contribution >= 0.6 is 0 Å². The Morgan fingerprint density at radius 3 is 2.07 bits per heavy atom. The van der Waals surface area contributed by atoms with E-state index in [2.05, 4.69) is 116 Å². The Bertz CT molecular complexity index is 2130. The van der Waals surface area contributed by atoms with Crippen molar-refractivity contribution < 1.29 is 28.2 Å². The predicted octanol–water partition coefficient (Wildman–Crippen LogP) is 6.83. The van der Waals surface area contributed by atoms with Crippen LogP contribution in [0.25, 0.3) is 11.2 Å². The molecule has 0 saturated carbocycles. The van der Waals surface area contributed by atoms with E-state index in [-0.39, 0.29) is 24.1 Å². The highest BCUT2D eigenvalue weighted by Gasteiger charge is 2.61. The highest BCUT2D eigenvalue weighted by atomic mass is 28.4. The van der Waals surface area contributed by atoms with Crippen LogP contribution in [0.2, 0.25) is 23.2 Å². The number of nitrogens with two attached hydrogens (primary N) is 1. The number of nitrogens with zero attached hydrogens (tertiary/aromatic N) is 4. The van der Waals surface area contributed by atoms with Crippen LogP contribution in [0.15, 0.2) is 97.6 Å². The number of methoxy groups -OCH3 is 1. The topological polar surface area (TPSA) is 133 Å². The van der Waals surface area contributed by atoms with Crippen LogP contribution < -0.4 is 20.8 Å². The lowest BCUT2D eigenvalue weighted by atomic mass is 9.96. The number of esters is 1. The number of ether oxygens (including phenoxy) is 4. The van der Waals surface area contributed by atoms with E-state index in [4.69, 9.17) is 29.1 Å². The second-order valence-corrected chi connectivity index (χ2v) is 24.9. The summed E-state index contributed by atoms with van der Waals surface area (Å²) in [6.45, 7) is 14.9. The van der Waals surface area contributed by atoms with E-state index in [1.54, 1.807) is 18.0 Å². The molecule has 2 N–H and O–H groups in total. The number of benzene rings is 3. The molecule has 57 heavy (non-hydrogen) atoms. The molecule has 300 valence electrons. The summed E-state index contributed by atoms with van der Waals surface area (Å²) in [6.07, 6.45) is 0.0896. The molecule has 0 bridgehead atoms. The molecule has 0 unspecified atom stereocenters. The van der Waals surface area contributed by atoms with E-state index in [9.17, 15) is 4.79 Å². The number of carbonyl (C=O) groups is 1. The lowest BCUT2D eigenvalue weighted by molar-refractivity contribution is -0.158. The van der Waals surface area contributed by atoms with Crippen LogP contribution in [0.1, 0.15) is 60.3 Å². The summed E-state index contributed by atoms with van der Waals surface area (Å²) < 4.78 is 35.5. The maximum absolute atomic E-state index is 13.1. The molecule has 2 aromatic heterocycles. The van der Waals surface area contributed by atoms with Crippen molar-refractivity contribution in [3.63, 3.8) is 0 Å². The van der Waals surface area contributed by atoms with Crippen LogP contribution in [0.5, 0.6) is 5.75 Å².